The normalized spacial score (nSPS) is 10.9. The van der Waals surface area contributed by atoms with Crippen molar-refractivity contribution in [2.45, 2.75) is 31.8 Å². The number of thioether (sulfide) groups is 1. The molecule has 2 rings (SSSR count). The average molecular weight is 350 g/mol. The predicted octanol–water partition coefficient (Wildman–Crippen LogP) is 0.600. The van der Waals surface area contributed by atoms with Crippen LogP contribution in [0.5, 0.6) is 0 Å². The van der Waals surface area contributed by atoms with Crippen LogP contribution in [0.25, 0.3) is 5.78 Å². The molecule has 0 bridgehead atoms. The van der Waals surface area contributed by atoms with Crippen LogP contribution in [0.1, 0.15) is 23.4 Å². The van der Waals surface area contributed by atoms with Crippen molar-refractivity contribution in [1.82, 2.24) is 29.8 Å². The molecule has 0 radical (unpaired) electrons. The Morgan fingerprint density at radius 1 is 1.25 bits per heavy atom. The van der Waals surface area contributed by atoms with Crippen molar-refractivity contribution < 1.29 is 9.59 Å². The molecule has 24 heavy (non-hydrogen) atoms. The zero-order valence-electron chi connectivity index (χ0n) is 14.6. The number of nitrogens with one attached hydrogen (secondary N) is 1. The second-order valence-electron chi connectivity index (χ2n) is 5.64. The monoisotopic (exact) mass is 350 g/mol. The molecular weight excluding hydrogens is 328 g/mol. The van der Waals surface area contributed by atoms with Crippen molar-refractivity contribution >= 4 is 29.4 Å². The van der Waals surface area contributed by atoms with Crippen LogP contribution in [0, 0.1) is 13.8 Å². The van der Waals surface area contributed by atoms with Crippen LogP contribution in [0.3, 0.4) is 0 Å². The van der Waals surface area contributed by atoms with Gasteiger partial charge in [0, 0.05) is 44.0 Å². The molecule has 2 aromatic rings. The number of hydrogen-bond donors (Lipinski definition) is 1. The van der Waals surface area contributed by atoms with E-state index in [9.17, 15) is 9.59 Å². The molecule has 2 amide bonds. The first kappa shape index (κ1) is 18.2. The molecule has 130 valence electrons. The minimum atomic E-state index is -0.140. The van der Waals surface area contributed by atoms with E-state index in [1.807, 2.05) is 20.1 Å². The summed E-state index contributed by atoms with van der Waals surface area (Å²) in [6, 6.07) is 0. The van der Waals surface area contributed by atoms with Gasteiger partial charge in [-0.3, -0.25) is 9.59 Å². The van der Waals surface area contributed by atoms with Gasteiger partial charge in [0.15, 0.2) is 0 Å². The van der Waals surface area contributed by atoms with Gasteiger partial charge in [-0.15, -0.1) is 5.10 Å². The van der Waals surface area contributed by atoms with Gasteiger partial charge in [0.1, 0.15) is 0 Å². The molecule has 0 spiro atoms. The summed E-state index contributed by atoms with van der Waals surface area (Å²) in [4.78, 5) is 33.9. The number of amides is 2. The Morgan fingerprint density at radius 3 is 2.58 bits per heavy atom. The minimum Gasteiger partial charge on any atom is -0.355 e. The van der Waals surface area contributed by atoms with Crippen molar-refractivity contribution in [1.29, 1.82) is 0 Å². The van der Waals surface area contributed by atoms with Crippen molar-refractivity contribution in [3.8, 4) is 0 Å². The molecule has 0 fully saturated rings. The van der Waals surface area contributed by atoms with Crippen LogP contribution in [-0.4, -0.2) is 63.2 Å². The Balaban J connectivity index is 2.09. The number of carbonyl (C=O) groups excluding carboxylic acids is 2. The molecule has 0 aliphatic heterocycles. The summed E-state index contributed by atoms with van der Waals surface area (Å²) in [5, 5.41) is 7.79. The molecule has 0 aliphatic rings. The SMILES string of the molecule is CSc1nc2nc(C)c(CC(=O)NCCC(=O)N(C)C)c(C)n2n1. The van der Waals surface area contributed by atoms with Crippen molar-refractivity contribution in [2.75, 3.05) is 26.9 Å². The van der Waals surface area contributed by atoms with Gasteiger partial charge in [0.2, 0.25) is 17.0 Å². The summed E-state index contributed by atoms with van der Waals surface area (Å²) in [7, 11) is 3.39. The van der Waals surface area contributed by atoms with Crippen molar-refractivity contribution in [2.24, 2.45) is 0 Å². The van der Waals surface area contributed by atoms with Gasteiger partial charge in [0.25, 0.3) is 5.78 Å². The molecule has 0 aromatic carbocycles. The number of carbonyl (C=O) groups is 2. The third-order valence-electron chi connectivity index (χ3n) is 3.71. The van der Waals surface area contributed by atoms with E-state index in [2.05, 4.69) is 20.4 Å². The lowest BCUT2D eigenvalue weighted by Gasteiger charge is -2.12. The van der Waals surface area contributed by atoms with Crippen LogP contribution < -0.4 is 5.32 Å². The Kier molecular flexibility index (Phi) is 5.76. The number of aryl methyl sites for hydroxylation is 2. The molecule has 0 saturated heterocycles. The summed E-state index contributed by atoms with van der Waals surface area (Å²) >= 11 is 1.45. The first-order valence-electron chi connectivity index (χ1n) is 7.57. The highest BCUT2D eigenvalue weighted by Gasteiger charge is 2.16. The third kappa shape index (κ3) is 4.02. The zero-order chi connectivity index (χ0) is 17.9. The highest BCUT2D eigenvalue weighted by atomic mass is 32.2. The highest BCUT2D eigenvalue weighted by molar-refractivity contribution is 7.98. The molecule has 2 aromatic heterocycles. The van der Waals surface area contributed by atoms with Crippen molar-refractivity contribution in [3.05, 3.63) is 17.0 Å². The molecule has 9 heteroatoms. The maximum atomic E-state index is 12.2. The van der Waals surface area contributed by atoms with E-state index in [1.165, 1.54) is 16.7 Å². The highest BCUT2D eigenvalue weighted by Crippen LogP contribution is 2.17. The fraction of sp³-hybridized carbons (Fsp3) is 0.533. The molecule has 2 heterocycles. The maximum Gasteiger partial charge on any atom is 0.253 e. The summed E-state index contributed by atoms with van der Waals surface area (Å²) in [5.74, 6) is 0.382. The third-order valence-corrected chi connectivity index (χ3v) is 4.25. The quantitative estimate of drug-likeness (QED) is 0.767. The standard InChI is InChI=1S/C15H22N6O2S/c1-9-11(8-12(22)16-7-6-13(23)20(3)4)10(2)21-14(17-9)18-15(19-21)24-5/h6-8H2,1-5H3,(H,16,22). The Bertz CT molecular complexity index is 771. The number of rotatable bonds is 6. The van der Waals surface area contributed by atoms with E-state index in [-0.39, 0.29) is 24.7 Å². The lowest BCUT2D eigenvalue weighted by molar-refractivity contribution is -0.128. The fourth-order valence-electron chi connectivity index (χ4n) is 2.29. The number of aromatic nitrogens is 4. The van der Waals surface area contributed by atoms with E-state index in [4.69, 9.17) is 0 Å². The van der Waals surface area contributed by atoms with Gasteiger partial charge >= 0.3 is 0 Å². The molecule has 8 nitrogen and oxygen atoms in total. The predicted molar refractivity (Wildman–Crippen MR) is 92.1 cm³/mol. The van der Waals surface area contributed by atoms with Gasteiger partial charge in [-0.05, 0) is 20.1 Å². The second kappa shape index (κ2) is 7.61. The van der Waals surface area contributed by atoms with E-state index in [0.29, 0.717) is 17.5 Å². The smallest absolute Gasteiger partial charge is 0.253 e. The Labute approximate surface area is 145 Å². The summed E-state index contributed by atoms with van der Waals surface area (Å²) in [6.07, 6.45) is 2.39. The maximum absolute atomic E-state index is 12.2. The number of hydrogen-bond acceptors (Lipinski definition) is 6. The average Bonchev–Trinajstić information content (AvgIpc) is 2.94. The van der Waals surface area contributed by atoms with Crippen LogP contribution >= 0.6 is 11.8 Å². The minimum absolute atomic E-state index is 0.0158. The van der Waals surface area contributed by atoms with Crippen LogP contribution in [0.4, 0.5) is 0 Å². The van der Waals surface area contributed by atoms with E-state index in [1.54, 1.807) is 18.6 Å². The van der Waals surface area contributed by atoms with Gasteiger partial charge in [-0.1, -0.05) is 11.8 Å². The summed E-state index contributed by atoms with van der Waals surface area (Å²) in [6.45, 7) is 4.08. The van der Waals surface area contributed by atoms with Gasteiger partial charge in [-0.2, -0.15) is 4.98 Å². The summed E-state index contributed by atoms with van der Waals surface area (Å²) < 4.78 is 1.66. The lowest BCUT2D eigenvalue weighted by Crippen LogP contribution is -2.31. The molecule has 1 N–H and O–H groups in total. The summed E-state index contributed by atoms with van der Waals surface area (Å²) in [5.41, 5.74) is 2.45. The molecule has 0 atom stereocenters. The van der Waals surface area contributed by atoms with Crippen LogP contribution in [0.15, 0.2) is 5.16 Å². The first-order valence-corrected chi connectivity index (χ1v) is 8.79. The van der Waals surface area contributed by atoms with Gasteiger partial charge in [-0.25, -0.2) is 9.50 Å². The van der Waals surface area contributed by atoms with Gasteiger partial charge in [0.05, 0.1) is 6.42 Å². The largest absolute Gasteiger partial charge is 0.355 e. The number of fused-ring (bicyclic) bond motifs is 1. The topological polar surface area (TPSA) is 92.5 Å². The second-order valence-corrected chi connectivity index (χ2v) is 6.41. The van der Waals surface area contributed by atoms with Gasteiger partial charge < -0.3 is 10.2 Å². The number of nitrogens with zero attached hydrogens (tertiary/aromatic N) is 5. The molecule has 0 unspecified atom stereocenters. The van der Waals surface area contributed by atoms with Crippen LogP contribution in [-0.2, 0) is 16.0 Å². The van der Waals surface area contributed by atoms with Crippen molar-refractivity contribution in [3.63, 3.8) is 0 Å². The lowest BCUT2D eigenvalue weighted by atomic mass is 10.1. The molecule has 0 saturated carbocycles. The van der Waals surface area contributed by atoms with E-state index in [0.717, 1.165) is 17.0 Å². The Hall–Kier alpha value is -2.16. The Morgan fingerprint density at radius 2 is 1.96 bits per heavy atom. The van der Waals surface area contributed by atoms with E-state index >= 15 is 0 Å². The van der Waals surface area contributed by atoms with E-state index < -0.39 is 0 Å². The zero-order valence-corrected chi connectivity index (χ0v) is 15.4. The first-order chi connectivity index (χ1) is 11.3. The van der Waals surface area contributed by atoms with Crippen LogP contribution in [0.2, 0.25) is 0 Å². The fourth-order valence-corrected chi connectivity index (χ4v) is 2.62. The molecule has 0 aliphatic carbocycles. The molecular formula is C15H22N6O2S.